The molecule has 0 saturated heterocycles. The molecule has 0 saturated carbocycles. The van der Waals surface area contributed by atoms with Crippen LogP contribution in [0.25, 0.3) is 0 Å². The molecule has 1 aromatic heterocycles. The molecule has 0 aliphatic rings. The van der Waals surface area contributed by atoms with E-state index in [4.69, 9.17) is 4.74 Å². The van der Waals surface area contributed by atoms with Crippen molar-refractivity contribution < 1.29 is 4.74 Å². The highest BCUT2D eigenvalue weighted by Gasteiger charge is 2.07. The van der Waals surface area contributed by atoms with E-state index in [-0.39, 0.29) is 0 Å². The molecule has 1 aromatic carbocycles. The molecule has 0 fully saturated rings. The molecule has 0 spiro atoms. The van der Waals surface area contributed by atoms with Crippen LogP contribution in [-0.2, 0) is 13.2 Å². The topological polar surface area (TPSA) is 47.0 Å². The third-order valence-electron chi connectivity index (χ3n) is 2.87. The van der Waals surface area contributed by atoms with E-state index in [0.717, 1.165) is 23.4 Å². The van der Waals surface area contributed by atoms with E-state index in [1.807, 2.05) is 7.05 Å². The minimum atomic E-state index is 0.397. The first-order chi connectivity index (χ1) is 9.20. The fourth-order valence-electron chi connectivity index (χ4n) is 2.12. The second kappa shape index (κ2) is 6.29. The van der Waals surface area contributed by atoms with Crippen LogP contribution in [0.2, 0.25) is 0 Å². The molecule has 19 heavy (non-hydrogen) atoms. The third kappa shape index (κ3) is 3.51. The lowest BCUT2D eigenvalue weighted by atomic mass is 10.1. The Bertz CT molecular complexity index is 517. The van der Waals surface area contributed by atoms with Crippen LogP contribution in [0.1, 0.15) is 22.5 Å². The number of ether oxygens (including phenoxy) is 1. The molecular formula is C15H19N3O. The van der Waals surface area contributed by atoms with Crippen molar-refractivity contribution in [1.82, 2.24) is 15.3 Å². The first-order valence-electron chi connectivity index (χ1n) is 6.34. The molecule has 2 rings (SSSR count). The lowest BCUT2D eigenvalue weighted by molar-refractivity contribution is 0.291. The molecule has 4 nitrogen and oxygen atoms in total. The number of nitrogens with zero attached hydrogens (tertiary/aromatic N) is 2. The summed E-state index contributed by atoms with van der Waals surface area (Å²) < 4.78 is 5.84. The van der Waals surface area contributed by atoms with Gasteiger partial charge in [-0.3, -0.25) is 0 Å². The maximum absolute atomic E-state index is 5.84. The van der Waals surface area contributed by atoms with E-state index in [1.54, 1.807) is 18.5 Å². The summed E-state index contributed by atoms with van der Waals surface area (Å²) in [6.07, 6.45) is 3.45. The molecule has 0 bridgehead atoms. The molecule has 0 unspecified atom stereocenters. The summed E-state index contributed by atoms with van der Waals surface area (Å²) >= 11 is 0. The van der Waals surface area contributed by atoms with Crippen LogP contribution in [-0.4, -0.2) is 17.0 Å². The number of benzene rings is 1. The van der Waals surface area contributed by atoms with Crippen molar-refractivity contribution in [3.05, 3.63) is 53.1 Å². The molecule has 0 amide bonds. The largest absolute Gasteiger partial charge is 0.485 e. The summed E-state index contributed by atoms with van der Waals surface area (Å²) in [6.45, 7) is 5.39. The minimum absolute atomic E-state index is 0.397. The Hall–Kier alpha value is -1.94. The predicted molar refractivity (Wildman–Crippen MR) is 75.0 cm³/mol. The van der Waals surface area contributed by atoms with Crippen LogP contribution in [0.15, 0.2) is 30.6 Å². The van der Waals surface area contributed by atoms with Gasteiger partial charge in [-0.2, -0.15) is 0 Å². The first kappa shape index (κ1) is 13.5. The summed E-state index contributed by atoms with van der Waals surface area (Å²) in [7, 11) is 1.95. The minimum Gasteiger partial charge on any atom is -0.485 e. The molecule has 0 atom stereocenters. The molecule has 0 aliphatic heterocycles. The highest BCUT2D eigenvalue weighted by molar-refractivity contribution is 5.43. The number of rotatable bonds is 5. The van der Waals surface area contributed by atoms with E-state index in [9.17, 15) is 0 Å². The zero-order chi connectivity index (χ0) is 13.7. The molecule has 100 valence electrons. The Morgan fingerprint density at radius 2 is 1.74 bits per heavy atom. The summed E-state index contributed by atoms with van der Waals surface area (Å²) in [4.78, 5) is 8.31. The van der Waals surface area contributed by atoms with Gasteiger partial charge in [-0.15, -0.1) is 0 Å². The fraction of sp³-hybridized carbons (Fsp3) is 0.333. The van der Waals surface area contributed by atoms with E-state index < -0.39 is 0 Å². The SMILES string of the molecule is CNCc1cc(C)c(OCc2ncccn2)c(C)c1. The van der Waals surface area contributed by atoms with Gasteiger partial charge in [0.15, 0.2) is 5.82 Å². The van der Waals surface area contributed by atoms with Crippen molar-refractivity contribution in [2.24, 2.45) is 0 Å². The van der Waals surface area contributed by atoms with Crippen molar-refractivity contribution in [2.75, 3.05) is 7.05 Å². The summed E-state index contributed by atoms with van der Waals surface area (Å²) in [5.74, 6) is 1.62. The smallest absolute Gasteiger partial charge is 0.166 e. The highest BCUT2D eigenvalue weighted by atomic mass is 16.5. The van der Waals surface area contributed by atoms with E-state index in [0.29, 0.717) is 12.4 Å². The number of aromatic nitrogens is 2. The predicted octanol–water partition coefficient (Wildman–Crippen LogP) is 2.39. The molecule has 0 radical (unpaired) electrons. The van der Waals surface area contributed by atoms with Crippen molar-refractivity contribution >= 4 is 0 Å². The normalized spacial score (nSPS) is 10.5. The lowest BCUT2D eigenvalue weighted by Crippen LogP contribution is -2.07. The van der Waals surface area contributed by atoms with Gasteiger partial charge in [0.05, 0.1) is 0 Å². The van der Waals surface area contributed by atoms with Gasteiger partial charge in [-0.25, -0.2) is 9.97 Å². The van der Waals surface area contributed by atoms with Gasteiger partial charge in [-0.05, 0) is 43.7 Å². The standard InChI is InChI=1S/C15H19N3O/c1-11-7-13(9-16-3)8-12(2)15(11)19-10-14-17-5-4-6-18-14/h4-8,16H,9-10H2,1-3H3. The Morgan fingerprint density at radius 3 is 2.32 bits per heavy atom. The zero-order valence-corrected chi connectivity index (χ0v) is 11.6. The monoisotopic (exact) mass is 257 g/mol. The summed E-state index contributed by atoms with van der Waals surface area (Å²) in [6, 6.07) is 6.09. The number of aryl methyl sites for hydroxylation is 2. The Labute approximate surface area is 113 Å². The van der Waals surface area contributed by atoms with Crippen molar-refractivity contribution in [1.29, 1.82) is 0 Å². The van der Waals surface area contributed by atoms with Crippen LogP contribution >= 0.6 is 0 Å². The molecule has 1 heterocycles. The average Bonchev–Trinajstić information content (AvgIpc) is 2.39. The van der Waals surface area contributed by atoms with Crippen LogP contribution in [0, 0.1) is 13.8 Å². The van der Waals surface area contributed by atoms with Crippen molar-refractivity contribution in [3.63, 3.8) is 0 Å². The van der Waals surface area contributed by atoms with Gasteiger partial charge in [0, 0.05) is 18.9 Å². The van der Waals surface area contributed by atoms with Crippen LogP contribution in [0.4, 0.5) is 0 Å². The summed E-state index contributed by atoms with van der Waals surface area (Å²) in [5.41, 5.74) is 3.54. The Morgan fingerprint density at radius 1 is 1.11 bits per heavy atom. The quantitative estimate of drug-likeness (QED) is 0.893. The maximum Gasteiger partial charge on any atom is 0.166 e. The van der Waals surface area contributed by atoms with Crippen molar-refractivity contribution in [2.45, 2.75) is 27.0 Å². The van der Waals surface area contributed by atoms with Crippen molar-refractivity contribution in [3.8, 4) is 5.75 Å². The summed E-state index contributed by atoms with van der Waals surface area (Å²) in [5, 5.41) is 3.15. The number of nitrogens with one attached hydrogen (secondary N) is 1. The van der Waals surface area contributed by atoms with Gasteiger partial charge in [0.25, 0.3) is 0 Å². The van der Waals surface area contributed by atoms with Crippen LogP contribution in [0.5, 0.6) is 5.75 Å². The van der Waals surface area contributed by atoms with Gasteiger partial charge in [0.1, 0.15) is 12.4 Å². The molecular weight excluding hydrogens is 238 g/mol. The Kier molecular flexibility index (Phi) is 4.47. The fourth-order valence-corrected chi connectivity index (χ4v) is 2.12. The zero-order valence-electron chi connectivity index (χ0n) is 11.6. The van der Waals surface area contributed by atoms with Crippen LogP contribution in [0.3, 0.4) is 0 Å². The van der Waals surface area contributed by atoms with Gasteiger partial charge < -0.3 is 10.1 Å². The molecule has 0 aliphatic carbocycles. The van der Waals surface area contributed by atoms with Gasteiger partial charge in [-0.1, -0.05) is 12.1 Å². The number of hydrogen-bond acceptors (Lipinski definition) is 4. The second-order valence-corrected chi connectivity index (χ2v) is 4.54. The van der Waals surface area contributed by atoms with Gasteiger partial charge >= 0.3 is 0 Å². The maximum atomic E-state index is 5.84. The number of hydrogen-bond donors (Lipinski definition) is 1. The van der Waals surface area contributed by atoms with E-state index in [2.05, 4.69) is 41.3 Å². The average molecular weight is 257 g/mol. The van der Waals surface area contributed by atoms with Crippen LogP contribution < -0.4 is 10.1 Å². The van der Waals surface area contributed by atoms with Gasteiger partial charge in [0.2, 0.25) is 0 Å². The Balaban J connectivity index is 2.12. The third-order valence-corrected chi connectivity index (χ3v) is 2.87. The lowest BCUT2D eigenvalue weighted by Gasteiger charge is -2.13. The molecule has 4 heteroatoms. The molecule has 2 aromatic rings. The van der Waals surface area contributed by atoms with E-state index in [1.165, 1.54) is 5.56 Å². The second-order valence-electron chi connectivity index (χ2n) is 4.54. The molecule has 1 N–H and O–H groups in total. The highest BCUT2D eigenvalue weighted by Crippen LogP contribution is 2.25. The first-order valence-corrected chi connectivity index (χ1v) is 6.34. The van der Waals surface area contributed by atoms with E-state index >= 15 is 0 Å².